The van der Waals surface area contributed by atoms with Gasteiger partial charge in [0.25, 0.3) is 0 Å². The molecule has 0 aliphatic heterocycles. The van der Waals surface area contributed by atoms with E-state index in [1.54, 1.807) is 0 Å². The fourth-order valence-corrected chi connectivity index (χ4v) is 2.84. The molecule has 0 amide bonds. The molecule has 1 aliphatic rings. The molecule has 0 saturated carbocycles. The van der Waals surface area contributed by atoms with Gasteiger partial charge in [0.2, 0.25) is 5.78 Å². The summed E-state index contributed by atoms with van der Waals surface area (Å²) in [5, 5.41) is 28.7. The minimum atomic E-state index is -0.803. The number of esters is 1. The molecule has 0 spiro atoms. The standard InChI is InChI=1S/C19H16O8/c20-4-5-26-6-7-27-19(25)10-8-12-16(14(22)9-10)18(24)15-11(17(12)23)2-1-3-13(15)21/h1-3,8-9,20-22H,4-7H2. The smallest absolute Gasteiger partial charge is 0.338 e. The van der Waals surface area contributed by atoms with Crippen molar-refractivity contribution < 1.29 is 39.2 Å². The molecule has 0 saturated heterocycles. The van der Waals surface area contributed by atoms with Crippen LogP contribution in [0.1, 0.15) is 42.2 Å². The number of aliphatic hydroxyl groups is 1. The monoisotopic (exact) mass is 372 g/mol. The Morgan fingerprint density at radius 3 is 2.37 bits per heavy atom. The summed E-state index contributed by atoms with van der Waals surface area (Å²) in [4.78, 5) is 37.4. The van der Waals surface area contributed by atoms with Crippen LogP contribution < -0.4 is 0 Å². The van der Waals surface area contributed by atoms with Gasteiger partial charge in [-0.05, 0) is 18.2 Å². The van der Waals surface area contributed by atoms with E-state index in [4.69, 9.17) is 14.6 Å². The van der Waals surface area contributed by atoms with E-state index in [0.29, 0.717) is 0 Å². The van der Waals surface area contributed by atoms with Crippen molar-refractivity contribution in [2.24, 2.45) is 0 Å². The number of rotatable bonds is 6. The Bertz CT molecular complexity index is 932. The largest absolute Gasteiger partial charge is 0.507 e. The van der Waals surface area contributed by atoms with Crippen molar-refractivity contribution in [1.82, 2.24) is 0 Å². The molecule has 0 radical (unpaired) electrons. The van der Waals surface area contributed by atoms with Crippen molar-refractivity contribution >= 4 is 17.5 Å². The number of aliphatic hydroxyl groups excluding tert-OH is 1. The van der Waals surface area contributed by atoms with Gasteiger partial charge in [-0.3, -0.25) is 9.59 Å². The normalized spacial score (nSPS) is 12.5. The molecule has 3 N–H and O–H groups in total. The summed E-state index contributed by atoms with van der Waals surface area (Å²) in [6, 6.07) is 6.30. The molecule has 8 heteroatoms. The number of phenolic OH excluding ortho intramolecular Hbond substituents is 2. The predicted molar refractivity (Wildman–Crippen MR) is 91.3 cm³/mol. The van der Waals surface area contributed by atoms with Crippen LogP contribution in [0.3, 0.4) is 0 Å². The van der Waals surface area contributed by atoms with E-state index in [0.717, 1.165) is 6.07 Å². The van der Waals surface area contributed by atoms with E-state index in [9.17, 15) is 24.6 Å². The number of aromatic hydroxyl groups is 2. The Kier molecular flexibility index (Phi) is 5.20. The first kappa shape index (κ1) is 18.6. The van der Waals surface area contributed by atoms with Gasteiger partial charge in [-0.15, -0.1) is 0 Å². The Hall–Kier alpha value is -3.23. The molecular weight excluding hydrogens is 356 g/mol. The highest BCUT2D eigenvalue weighted by Gasteiger charge is 2.35. The van der Waals surface area contributed by atoms with Gasteiger partial charge in [-0.2, -0.15) is 0 Å². The minimum absolute atomic E-state index is 0.00480. The highest BCUT2D eigenvalue weighted by atomic mass is 16.6. The van der Waals surface area contributed by atoms with Crippen LogP contribution in [0.4, 0.5) is 0 Å². The van der Waals surface area contributed by atoms with Crippen LogP contribution >= 0.6 is 0 Å². The van der Waals surface area contributed by atoms with Gasteiger partial charge >= 0.3 is 5.97 Å². The Morgan fingerprint density at radius 2 is 1.63 bits per heavy atom. The minimum Gasteiger partial charge on any atom is -0.507 e. The first-order valence-electron chi connectivity index (χ1n) is 8.09. The van der Waals surface area contributed by atoms with E-state index in [1.807, 2.05) is 0 Å². The summed E-state index contributed by atoms with van der Waals surface area (Å²) in [5.74, 6) is -3.01. The van der Waals surface area contributed by atoms with Crippen molar-refractivity contribution in [2.75, 3.05) is 26.4 Å². The summed E-state index contributed by atoms with van der Waals surface area (Å²) in [6.45, 7) is -0.0482. The van der Waals surface area contributed by atoms with Gasteiger partial charge in [0.1, 0.15) is 18.1 Å². The molecule has 0 fully saturated rings. The Labute approximate surface area is 153 Å². The van der Waals surface area contributed by atoms with Crippen LogP contribution in [0, 0.1) is 0 Å². The van der Waals surface area contributed by atoms with Crippen molar-refractivity contribution in [2.45, 2.75) is 0 Å². The number of ether oxygens (including phenoxy) is 2. The maximum Gasteiger partial charge on any atom is 0.338 e. The lowest BCUT2D eigenvalue weighted by Crippen LogP contribution is -2.22. The zero-order valence-electron chi connectivity index (χ0n) is 14.1. The third-order valence-electron chi connectivity index (χ3n) is 4.04. The van der Waals surface area contributed by atoms with Crippen LogP contribution in [0.15, 0.2) is 30.3 Å². The summed E-state index contributed by atoms with van der Waals surface area (Å²) in [6.07, 6.45) is 0. The van der Waals surface area contributed by atoms with Gasteiger partial charge in [-0.25, -0.2) is 4.79 Å². The van der Waals surface area contributed by atoms with E-state index in [2.05, 4.69) is 0 Å². The lowest BCUT2D eigenvalue weighted by molar-refractivity contribution is 0.0258. The number of benzene rings is 2. The fraction of sp³-hybridized carbons (Fsp3) is 0.211. The molecule has 0 heterocycles. The lowest BCUT2D eigenvalue weighted by Gasteiger charge is -2.19. The molecule has 0 aromatic heterocycles. The lowest BCUT2D eigenvalue weighted by atomic mass is 9.82. The second kappa shape index (κ2) is 7.56. The zero-order chi connectivity index (χ0) is 19.6. The molecular formula is C19H16O8. The molecule has 0 atom stereocenters. The van der Waals surface area contributed by atoms with Crippen LogP contribution in [0.5, 0.6) is 11.5 Å². The molecule has 1 aliphatic carbocycles. The Morgan fingerprint density at radius 1 is 0.889 bits per heavy atom. The van der Waals surface area contributed by atoms with E-state index >= 15 is 0 Å². The van der Waals surface area contributed by atoms with Crippen molar-refractivity contribution in [3.63, 3.8) is 0 Å². The maximum atomic E-state index is 12.7. The third kappa shape index (κ3) is 3.40. The summed E-state index contributed by atoms with van der Waals surface area (Å²) >= 11 is 0. The average molecular weight is 372 g/mol. The highest BCUT2D eigenvalue weighted by Crippen LogP contribution is 2.37. The number of carbonyl (C=O) groups is 3. The second-order valence-corrected chi connectivity index (χ2v) is 5.75. The van der Waals surface area contributed by atoms with Gasteiger partial charge in [0, 0.05) is 11.1 Å². The number of ketones is 2. The van der Waals surface area contributed by atoms with Gasteiger partial charge < -0.3 is 24.8 Å². The summed E-state index contributed by atoms with van der Waals surface area (Å²) in [7, 11) is 0. The van der Waals surface area contributed by atoms with Crippen molar-refractivity contribution in [1.29, 1.82) is 0 Å². The fourth-order valence-electron chi connectivity index (χ4n) is 2.84. The van der Waals surface area contributed by atoms with E-state index < -0.39 is 23.3 Å². The maximum absolute atomic E-state index is 12.7. The molecule has 3 rings (SSSR count). The van der Waals surface area contributed by atoms with E-state index in [1.165, 1.54) is 24.3 Å². The number of phenols is 2. The second-order valence-electron chi connectivity index (χ2n) is 5.75. The van der Waals surface area contributed by atoms with Crippen LogP contribution in [-0.4, -0.2) is 59.3 Å². The summed E-state index contributed by atoms with van der Waals surface area (Å²) < 4.78 is 9.94. The number of hydrogen-bond donors (Lipinski definition) is 3. The van der Waals surface area contributed by atoms with Crippen LogP contribution in [0.25, 0.3) is 0 Å². The molecule has 0 unspecified atom stereocenters. The van der Waals surface area contributed by atoms with Crippen LogP contribution in [-0.2, 0) is 9.47 Å². The molecule has 140 valence electrons. The third-order valence-corrected chi connectivity index (χ3v) is 4.04. The number of carbonyl (C=O) groups excluding carboxylic acids is 3. The molecule has 8 nitrogen and oxygen atoms in total. The van der Waals surface area contributed by atoms with Gasteiger partial charge in [0.05, 0.1) is 36.5 Å². The SMILES string of the molecule is O=C(OCCOCCO)c1cc(O)c2c(c1)C(=O)c1cccc(O)c1C2=O. The first-order valence-corrected chi connectivity index (χ1v) is 8.09. The van der Waals surface area contributed by atoms with Gasteiger partial charge in [0.15, 0.2) is 5.78 Å². The summed E-state index contributed by atoms with van der Waals surface area (Å²) in [5.41, 5.74) is -0.687. The molecule has 0 bridgehead atoms. The molecule has 2 aromatic carbocycles. The van der Waals surface area contributed by atoms with E-state index in [-0.39, 0.29) is 60.0 Å². The van der Waals surface area contributed by atoms with Crippen molar-refractivity contribution in [3.05, 3.63) is 58.1 Å². The number of hydrogen-bond acceptors (Lipinski definition) is 8. The van der Waals surface area contributed by atoms with Gasteiger partial charge in [-0.1, -0.05) is 12.1 Å². The Balaban J connectivity index is 1.90. The topological polar surface area (TPSA) is 130 Å². The molecule has 27 heavy (non-hydrogen) atoms. The van der Waals surface area contributed by atoms with Crippen LogP contribution in [0.2, 0.25) is 0 Å². The average Bonchev–Trinajstić information content (AvgIpc) is 2.65. The molecule has 2 aromatic rings. The highest BCUT2D eigenvalue weighted by molar-refractivity contribution is 6.30. The predicted octanol–water partition coefficient (Wildman–Crippen LogP) is 1.04. The first-order chi connectivity index (χ1) is 13.0. The van der Waals surface area contributed by atoms with Crippen molar-refractivity contribution in [3.8, 4) is 11.5 Å². The zero-order valence-corrected chi connectivity index (χ0v) is 14.1. The quantitative estimate of drug-likeness (QED) is 0.432. The number of fused-ring (bicyclic) bond motifs is 2.